The Bertz CT molecular complexity index is 1040. The van der Waals surface area contributed by atoms with Gasteiger partial charge < -0.3 is 19.9 Å². The standard InChI is InChI=1S/C22H23FN2O4/c1-24-22(28)20-19-16(12-25-10-8-14(23)9-11-25)17(27)6-7-18(19)29-21(20)13-2-4-15(26)5-3-13/h2-7,14,26-27H,8-12H2,1H3,(H,24,28). The summed E-state index contributed by atoms with van der Waals surface area (Å²) in [6.07, 6.45) is 0.138. The van der Waals surface area contributed by atoms with Crippen molar-refractivity contribution in [3.05, 3.63) is 47.5 Å². The van der Waals surface area contributed by atoms with Gasteiger partial charge in [-0.15, -0.1) is 0 Å². The van der Waals surface area contributed by atoms with Crippen LogP contribution in [0.25, 0.3) is 22.3 Å². The molecule has 1 amide bonds. The minimum atomic E-state index is -0.785. The first-order valence-corrected chi connectivity index (χ1v) is 9.63. The zero-order chi connectivity index (χ0) is 20.5. The number of carbonyl (C=O) groups is 1. The van der Waals surface area contributed by atoms with Gasteiger partial charge in [0.05, 0.1) is 5.56 Å². The van der Waals surface area contributed by atoms with Gasteiger partial charge >= 0.3 is 0 Å². The van der Waals surface area contributed by atoms with E-state index in [9.17, 15) is 19.4 Å². The van der Waals surface area contributed by atoms with Crippen molar-refractivity contribution < 1.29 is 23.8 Å². The van der Waals surface area contributed by atoms with Crippen molar-refractivity contribution in [1.82, 2.24) is 10.2 Å². The molecule has 2 heterocycles. The van der Waals surface area contributed by atoms with E-state index < -0.39 is 6.17 Å². The second-order valence-electron chi connectivity index (χ2n) is 7.32. The lowest BCUT2D eigenvalue weighted by Gasteiger charge is -2.28. The van der Waals surface area contributed by atoms with Gasteiger partial charge in [0.25, 0.3) is 5.91 Å². The average Bonchev–Trinajstić information content (AvgIpc) is 3.11. The summed E-state index contributed by atoms with van der Waals surface area (Å²) in [5.74, 6) is 0.221. The quantitative estimate of drug-likeness (QED) is 0.622. The summed E-state index contributed by atoms with van der Waals surface area (Å²) in [7, 11) is 1.54. The Morgan fingerprint density at radius 3 is 2.52 bits per heavy atom. The van der Waals surface area contributed by atoms with E-state index in [0.717, 1.165) is 0 Å². The van der Waals surface area contributed by atoms with E-state index in [-0.39, 0.29) is 17.4 Å². The van der Waals surface area contributed by atoms with Crippen LogP contribution >= 0.6 is 0 Å². The fourth-order valence-corrected chi connectivity index (χ4v) is 3.85. The van der Waals surface area contributed by atoms with Crippen LogP contribution in [-0.2, 0) is 6.54 Å². The molecule has 3 N–H and O–H groups in total. The lowest BCUT2D eigenvalue weighted by Crippen LogP contribution is -2.34. The largest absolute Gasteiger partial charge is 0.508 e. The molecule has 1 aromatic heterocycles. The molecule has 0 unspecified atom stereocenters. The highest BCUT2D eigenvalue weighted by Gasteiger charge is 2.27. The van der Waals surface area contributed by atoms with Gasteiger partial charge in [0.1, 0.15) is 29.0 Å². The second kappa shape index (κ2) is 7.75. The van der Waals surface area contributed by atoms with Crippen LogP contribution in [0.1, 0.15) is 28.8 Å². The summed E-state index contributed by atoms with van der Waals surface area (Å²) in [6, 6.07) is 9.58. The van der Waals surface area contributed by atoms with E-state index in [1.54, 1.807) is 24.3 Å². The maximum atomic E-state index is 13.5. The molecule has 7 heteroatoms. The van der Waals surface area contributed by atoms with Crippen molar-refractivity contribution >= 4 is 16.9 Å². The third-order valence-electron chi connectivity index (χ3n) is 5.42. The minimum Gasteiger partial charge on any atom is -0.508 e. The van der Waals surface area contributed by atoms with Crippen molar-refractivity contribution in [3.8, 4) is 22.8 Å². The molecule has 2 aromatic carbocycles. The molecule has 0 bridgehead atoms. The zero-order valence-corrected chi connectivity index (χ0v) is 16.1. The van der Waals surface area contributed by atoms with E-state index in [0.29, 0.717) is 65.9 Å². The zero-order valence-electron chi connectivity index (χ0n) is 16.1. The maximum Gasteiger partial charge on any atom is 0.255 e. The van der Waals surface area contributed by atoms with Gasteiger partial charge in [0, 0.05) is 43.2 Å². The van der Waals surface area contributed by atoms with Gasteiger partial charge in [-0.1, -0.05) is 0 Å². The van der Waals surface area contributed by atoms with Crippen LogP contribution in [0.5, 0.6) is 11.5 Å². The number of halogens is 1. The number of amides is 1. The number of fused-ring (bicyclic) bond motifs is 1. The number of nitrogens with zero attached hydrogens (tertiary/aromatic N) is 1. The summed E-state index contributed by atoms with van der Waals surface area (Å²) in [5, 5.41) is 23.3. The highest BCUT2D eigenvalue weighted by Crippen LogP contribution is 2.39. The van der Waals surface area contributed by atoms with Crippen LogP contribution in [0.2, 0.25) is 0 Å². The number of piperidine rings is 1. The Hall–Kier alpha value is -3.06. The van der Waals surface area contributed by atoms with Crippen LogP contribution < -0.4 is 5.32 Å². The molecule has 29 heavy (non-hydrogen) atoms. The number of nitrogens with one attached hydrogen (secondary N) is 1. The van der Waals surface area contributed by atoms with Gasteiger partial charge in [0.2, 0.25) is 0 Å². The van der Waals surface area contributed by atoms with Crippen molar-refractivity contribution in [3.63, 3.8) is 0 Å². The van der Waals surface area contributed by atoms with E-state index in [1.165, 1.54) is 19.2 Å². The molecule has 0 saturated carbocycles. The molecule has 0 spiro atoms. The number of furan rings is 1. The number of hydrogen-bond donors (Lipinski definition) is 3. The summed E-state index contributed by atoms with van der Waals surface area (Å²) in [5.41, 5.74) is 2.05. The molecular weight excluding hydrogens is 375 g/mol. The normalized spacial score (nSPS) is 15.7. The third-order valence-corrected chi connectivity index (χ3v) is 5.42. The molecule has 3 aromatic rings. The first-order chi connectivity index (χ1) is 14.0. The Labute approximate surface area is 167 Å². The number of carbonyl (C=O) groups excluding carboxylic acids is 1. The van der Waals surface area contributed by atoms with Gasteiger partial charge in [-0.3, -0.25) is 9.69 Å². The van der Waals surface area contributed by atoms with E-state index >= 15 is 0 Å². The molecule has 0 radical (unpaired) electrons. The van der Waals surface area contributed by atoms with E-state index in [2.05, 4.69) is 10.2 Å². The molecule has 1 saturated heterocycles. The number of likely N-dealkylation sites (tertiary alicyclic amines) is 1. The number of rotatable bonds is 4. The van der Waals surface area contributed by atoms with Gasteiger partial charge in [-0.25, -0.2) is 4.39 Å². The number of aromatic hydroxyl groups is 2. The second-order valence-corrected chi connectivity index (χ2v) is 7.32. The Morgan fingerprint density at radius 1 is 1.17 bits per heavy atom. The average molecular weight is 398 g/mol. The van der Waals surface area contributed by atoms with Crippen LogP contribution in [-0.4, -0.2) is 47.3 Å². The lowest BCUT2D eigenvalue weighted by atomic mass is 9.99. The summed E-state index contributed by atoms with van der Waals surface area (Å²) in [6.45, 7) is 1.58. The molecule has 0 aliphatic carbocycles. The van der Waals surface area contributed by atoms with Crippen LogP contribution in [0, 0.1) is 0 Å². The maximum absolute atomic E-state index is 13.5. The Kier molecular flexibility index (Phi) is 5.15. The molecule has 1 aliphatic rings. The molecule has 0 atom stereocenters. The van der Waals surface area contributed by atoms with Crippen LogP contribution in [0.4, 0.5) is 4.39 Å². The van der Waals surface area contributed by atoms with Crippen molar-refractivity contribution in [1.29, 1.82) is 0 Å². The molecule has 4 rings (SSSR count). The molecule has 1 aliphatic heterocycles. The molecular formula is C22H23FN2O4. The fraction of sp³-hybridized carbons (Fsp3) is 0.318. The number of phenols is 2. The first kappa shape index (κ1) is 19.3. The fourth-order valence-electron chi connectivity index (χ4n) is 3.85. The topological polar surface area (TPSA) is 85.9 Å². The molecule has 6 nitrogen and oxygen atoms in total. The number of phenolic OH excluding ortho intramolecular Hbond substituents is 2. The SMILES string of the molecule is CNC(=O)c1c(-c2ccc(O)cc2)oc2ccc(O)c(CN3CCC(F)CC3)c12. The lowest BCUT2D eigenvalue weighted by molar-refractivity contribution is 0.0964. The van der Waals surface area contributed by atoms with Crippen molar-refractivity contribution in [2.24, 2.45) is 0 Å². The number of benzene rings is 2. The molecule has 1 fully saturated rings. The first-order valence-electron chi connectivity index (χ1n) is 9.63. The smallest absolute Gasteiger partial charge is 0.255 e. The van der Waals surface area contributed by atoms with Gasteiger partial charge in [-0.2, -0.15) is 0 Å². The Balaban J connectivity index is 1.86. The van der Waals surface area contributed by atoms with Gasteiger partial charge in [0.15, 0.2) is 0 Å². The highest BCUT2D eigenvalue weighted by atomic mass is 19.1. The van der Waals surface area contributed by atoms with Crippen molar-refractivity contribution in [2.45, 2.75) is 25.6 Å². The summed E-state index contributed by atoms with van der Waals surface area (Å²) in [4.78, 5) is 14.9. The monoisotopic (exact) mass is 398 g/mol. The summed E-state index contributed by atoms with van der Waals surface area (Å²) < 4.78 is 19.5. The molecule has 152 valence electrons. The Morgan fingerprint density at radius 2 is 1.86 bits per heavy atom. The summed E-state index contributed by atoms with van der Waals surface area (Å²) >= 11 is 0. The van der Waals surface area contributed by atoms with Crippen LogP contribution in [0.3, 0.4) is 0 Å². The van der Waals surface area contributed by atoms with Crippen LogP contribution in [0.15, 0.2) is 40.8 Å². The number of alkyl halides is 1. The third kappa shape index (κ3) is 3.65. The van der Waals surface area contributed by atoms with Crippen molar-refractivity contribution in [2.75, 3.05) is 20.1 Å². The highest BCUT2D eigenvalue weighted by molar-refractivity contribution is 6.12. The predicted molar refractivity (Wildman–Crippen MR) is 108 cm³/mol. The predicted octanol–water partition coefficient (Wildman–Crippen LogP) is 3.80. The van der Waals surface area contributed by atoms with E-state index in [1.807, 2.05) is 0 Å². The van der Waals surface area contributed by atoms with Gasteiger partial charge in [-0.05, 0) is 49.2 Å². The minimum absolute atomic E-state index is 0.0723. The van der Waals surface area contributed by atoms with E-state index in [4.69, 9.17) is 4.42 Å². The number of hydrogen-bond acceptors (Lipinski definition) is 5.